The van der Waals surface area contributed by atoms with Crippen LogP contribution in [0.15, 0.2) is 0 Å². The molecule has 17 heavy (non-hydrogen) atoms. The standard InChI is InChI=1S/C13H25N3O/c14-7-3-6-13(17)16-10-4-5-12(11-16)15-8-1-2-9-15/h12H,1-11,14H2. The van der Waals surface area contributed by atoms with Crippen molar-refractivity contribution in [3.63, 3.8) is 0 Å². The van der Waals surface area contributed by atoms with Gasteiger partial charge in [-0.3, -0.25) is 9.69 Å². The zero-order chi connectivity index (χ0) is 12.1. The molecule has 2 aliphatic heterocycles. The quantitative estimate of drug-likeness (QED) is 0.790. The van der Waals surface area contributed by atoms with E-state index in [0.717, 1.165) is 25.9 Å². The van der Waals surface area contributed by atoms with Gasteiger partial charge >= 0.3 is 0 Å². The average molecular weight is 239 g/mol. The van der Waals surface area contributed by atoms with Gasteiger partial charge in [-0.25, -0.2) is 0 Å². The summed E-state index contributed by atoms with van der Waals surface area (Å²) in [7, 11) is 0. The first-order chi connectivity index (χ1) is 8.31. The molecule has 0 aromatic heterocycles. The molecule has 2 heterocycles. The van der Waals surface area contributed by atoms with Gasteiger partial charge in [0.05, 0.1) is 0 Å². The third-order valence-corrected chi connectivity index (χ3v) is 4.00. The first-order valence-corrected chi connectivity index (χ1v) is 7.03. The Balaban J connectivity index is 1.81. The van der Waals surface area contributed by atoms with Crippen LogP contribution in [0.1, 0.15) is 38.5 Å². The summed E-state index contributed by atoms with van der Waals surface area (Å²) in [6, 6.07) is 0.619. The highest BCUT2D eigenvalue weighted by Gasteiger charge is 2.28. The Hall–Kier alpha value is -0.610. The second-order valence-corrected chi connectivity index (χ2v) is 5.27. The molecule has 2 N–H and O–H groups in total. The number of hydrogen-bond donors (Lipinski definition) is 1. The summed E-state index contributed by atoms with van der Waals surface area (Å²) in [6.07, 6.45) is 6.54. The zero-order valence-electron chi connectivity index (χ0n) is 10.7. The Morgan fingerprint density at radius 2 is 1.94 bits per heavy atom. The fourth-order valence-corrected chi connectivity index (χ4v) is 3.00. The summed E-state index contributed by atoms with van der Waals surface area (Å²) in [6.45, 7) is 4.98. The first-order valence-electron chi connectivity index (χ1n) is 7.03. The number of hydrogen-bond acceptors (Lipinski definition) is 3. The third-order valence-electron chi connectivity index (χ3n) is 4.00. The number of amides is 1. The van der Waals surface area contributed by atoms with Crippen molar-refractivity contribution >= 4 is 5.91 Å². The maximum Gasteiger partial charge on any atom is 0.222 e. The van der Waals surface area contributed by atoms with Gasteiger partial charge in [0, 0.05) is 25.6 Å². The molecule has 1 amide bonds. The van der Waals surface area contributed by atoms with Crippen LogP contribution in [-0.4, -0.2) is 54.5 Å². The van der Waals surface area contributed by atoms with Crippen LogP contribution in [0, 0.1) is 0 Å². The van der Waals surface area contributed by atoms with Crippen molar-refractivity contribution in [3.05, 3.63) is 0 Å². The van der Waals surface area contributed by atoms with Crippen LogP contribution < -0.4 is 5.73 Å². The molecule has 4 nitrogen and oxygen atoms in total. The van der Waals surface area contributed by atoms with Crippen molar-refractivity contribution in [1.82, 2.24) is 9.80 Å². The number of carbonyl (C=O) groups is 1. The van der Waals surface area contributed by atoms with Gasteiger partial charge in [0.2, 0.25) is 5.91 Å². The molecule has 0 aliphatic carbocycles. The van der Waals surface area contributed by atoms with Gasteiger partial charge in [0.25, 0.3) is 0 Å². The Labute approximate surface area is 104 Å². The lowest BCUT2D eigenvalue weighted by Crippen LogP contribution is -2.49. The highest BCUT2D eigenvalue weighted by Crippen LogP contribution is 2.20. The van der Waals surface area contributed by atoms with E-state index >= 15 is 0 Å². The minimum Gasteiger partial charge on any atom is -0.341 e. The largest absolute Gasteiger partial charge is 0.341 e. The Bertz CT molecular complexity index is 251. The van der Waals surface area contributed by atoms with Gasteiger partial charge in [-0.15, -0.1) is 0 Å². The molecule has 1 atom stereocenters. The molecular weight excluding hydrogens is 214 g/mol. The van der Waals surface area contributed by atoms with Crippen LogP contribution in [0.4, 0.5) is 0 Å². The van der Waals surface area contributed by atoms with Crippen LogP contribution in [0.2, 0.25) is 0 Å². The molecule has 4 heteroatoms. The van der Waals surface area contributed by atoms with E-state index in [1.54, 1.807) is 0 Å². The molecule has 0 spiro atoms. The molecule has 98 valence electrons. The molecule has 2 rings (SSSR count). The second-order valence-electron chi connectivity index (χ2n) is 5.27. The fraction of sp³-hybridized carbons (Fsp3) is 0.923. The lowest BCUT2D eigenvalue weighted by atomic mass is 10.0. The van der Waals surface area contributed by atoms with Crippen LogP contribution in [0.25, 0.3) is 0 Å². The average Bonchev–Trinajstić information content (AvgIpc) is 2.90. The Kier molecular flexibility index (Phi) is 4.80. The van der Waals surface area contributed by atoms with Crippen molar-refractivity contribution in [1.29, 1.82) is 0 Å². The van der Waals surface area contributed by atoms with E-state index in [9.17, 15) is 4.79 Å². The highest BCUT2D eigenvalue weighted by atomic mass is 16.2. The monoisotopic (exact) mass is 239 g/mol. The molecular formula is C13H25N3O. The third kappa shape index (κ3) is 3.42. The van der Waals surface area contributed by atoms with Gasteiger partial charge < -0.3 is 10.6 Å². The van der Waals surface area contributed by atoms with Crippen molar-refractivity contribution < 1.29 is 4.79 Å². The smallest absolute Gasteiger partial charge is 0.222 e. The van der Waals surface area contributed by atoms with Gasteiger partial charge in [-0.05, 0) is 51.7 Å². The summed E-state index contributed by atoms with van der Waals surface area (Å²) in [5.41, 5.74) is 5.45. The van der Waals surface area contributed by atoms with E-state index < -0.39 is 0 Å². The number of nitrogens with zero attached hydrogens (tertiary/aromatic N) is 2. The lowest BCUT2D eigenvalue weighted by Gasteiger charge is -2.37. The van der Waals surface area contributed by atoms with E-state index in [1.165, 1.54) is 32.4 Å². The number of carbonyl (C=O) groups excluding carboxylic acids is 1. The highest BCUT2D eigenvalue weighted by molar-refractivity contribution is 5.76. The minimum absolute atomic E-state index is 0.305. The van der Waals surface area contributed by atoms with Gasteiger partial charge in [0.1, 0.15) is 0 Å². The van der Waals surface area contributed by atoms with Crippen LogP contribution in [0.3, 0.4) is 0 Å². The predicted molar refractivity (Wildman–Crippen MR) is 68.7 cm³/mol. The maximum absolute atomic E-state index is 12.0. The molecule has 0 aromatic rings. The van der Waals surface area contributed by atoms with E-state index in [0.29, 0.717) is 24.9 Å². The molecule has 2 aliphatic rings. The van der Waals surface area contributed by atoms with Crippen molar-refractivity contribution in [2.24, 2.45) is 5.73 Å². The number of piperidine rings is 1. The summed E-state index contributed by atoms with van der Waals surface area (Å²) < 4.78 is 0. The van der Waals surface area contributed by atoms with Crippen molar-refractivity contribution in [3.8, 4) is 0 Å². The van der Waals surface area contributed by atoms with E-state index in [4.69, 9.17) is 5.73 Å². The molecule has 2 fully saturated rings. The maximum atomic E-state index is 12.0. The summed E-state index contributed by atoms with van der Waals surface area (Å²) in [5, 5.41) is 0. The number of rotatable bonds is 4. The Morgan fingerprint density at radius 1 is 1.18 bits per heavy atom. The summed E-state index contributed by atoms with van der Waals surface area (Å²) in [5.74, 6) is 0.305. The van der Waals surface area contributed by atoms with Gasteiger partial charge in [0.15, 0.2) is 0 Å². The van der Waals surface area contributed by atoms with E-state index in [1.807, 2.05) is 0 Å². The van der Waals surface area contributed by atoms with Crippen molar-refractivity contribution in [2.45, 2.75) is 44.6 Å². The van der Waals surface area contributed by atoms with Crippen LogP contribution in [0.5, 0.6) is 0 Å². The fourth-order valence-electron chi connectivity index (χ4n) is 3.00. The van der Waals surface area contributed by atoms with E-state index in [-0.39, 0.29) is 0 Å². The van der Waals surface area contributed by atoms with Gasteiger partial charge in [-0.2, -0.15) is 0 Å². The predicted octanol–water partition coefficient (Wildman–Crippen LogP) is 0.812. The molecule has 0 radical (unpaired) electrons. The molecule has 0 aromatic carbocycles. The SMILES string of the molecule is NCCCC(=O)N1CCCC(N2CCCC2)C1. The summed E-state index contributed by atoms with van der Waals surface area (Å²) in [4.78, 5) is 16.6. The minimum atomic E-state index is 0.305. The topological polar surface area (TPSA) is 49.6 Å². The normalized spacial score (nSPS) is 26.4. The van der Waals surface area contributed by atoms with Crippen LogP contribution in [-0.2, 0) is 4.79 Å². The first kappa shape index (κ1) is 12.8. The van der Waals surface area contributed by atoms with Gasteiger partial charge in [-0.1, -0.05) is 0 Å². The number of nitrogens with two attached hydrogens (primary N) is 1. The second kappa shape index (κ2) is 6.36. The van der Waals surface area contributed by atoms with Crippen LogP contribution >= 0.6 is 0 Å². The Morgan fingerprint density at radius 3 is 2.65 bits per heavy atom. The lowest BCUT2D eigenvalue weighted by molar-refractivity contribution is -0.133. The van der Waals surface area contributed by atoms with Crippen molar-refractivity contribution in [2.75, 3.05) is 32.7 Å². The van der Waals surface area contributed by atoms with E-state index in [2.05, 4.69) is 9.80 Å². The zero-order valence-corrected chi connectivity index (χ0v) is 10.7. The summed E-state index contributed by atoms with van der Waals surface area (Å²) >= 11 is 0. The number of likely N-dealkylation sites (tertiary alicyclic amines) is 2. The molecule has 0 bridgehead atoms. The molecule has 1 unspecified atom stereocenters. The molecule has 0 saturated carbocycles. The molecule has 2 saturated heterocycles.